The molecule has 4 saturated carbocycles. The fraction of sp³-hybridized carbons (Fsp3) is 0.952. The van der Waals surface area contributed by atoms with Crippen molar-refractivity contribution >= 4 is 5.97 Å². The molecular weight excluding hydrogens is 284 g/mol. The molecule has 0 aromatic heterocycles. The number of hydrogen-bond donors (Lipinski definition) is 0. The molecule has 0 amide bonds. The third-order valence-electron chi connectivity index (χ3n) is 8.80. The Bertz CT molecular complexity index is 486. The Morgan fingerprint density at radius 3 is 2.43 bits per heavy atom. The normalized spacial score (nSPS) is 52.2. The van der Waals surface area contributed by atoms with Gasteiger partial charge in [0.1, 0.15) is 6.10 Å². The van der Waals surface area contributed by atoms with Crippen molar-refractivity contribution in [2.45, 2.75) is 91.1 Å². The van der Waals surface area contributed by atoms with Gasteiger partial charge in [0, 0.05) is 12.3 Å². The smallest absolute Gasteiger partial charge is 0.302 e. The van der Waals surface area contributed by atoms with Gasteiger partial charge in [-0.3, -0.25) is 4.79 Å². The van der Waals surface area contributed by atoms with Gasteiger partial charge in [-0.05, 0) is 80.5 Å². The number of rotatable bonds is 1. The van der Waals surface area contributed by atoms with Gasteiger partial charge in [0.05, 0.1) is 0 Å². The quantitative estimate of drug-likeness (QED) is 0.609. The van der Waals surface area contributed by atoms with E-state index in [1.54, 1.807) is 6.92 Å². The summed E-state index contributed by atoms with van der Waals surface area (Å²) in [5, 5.41) is 0. The maximum Gasteiger partial charge on any atom is 0.302 e. The van der Waals surface area contributed by atoms with Crippen molar-refractivity contribution in [3.8, 4) is 0 Å². The second-order valence-electron chi connectivity index (χ2n) is 9.62. The zero-order chi connectivity index (χ0) is 16.2. The highest BCUT2D eigenvalue weighted by atomic mass is 16.5. The molecule has 130 valence electrons. The maximum absolute atomic E-state index is 11.5. The first kappa shape index (κ1) is 16.0. The van der Waals surface area contributed by atoms with E-state index >= 15 is 0 Å². The van der Waals surface area contributed by atoms with Gasteiger partial charge in [-0.15, -0.1) is 0 Å². The fourth-order valence-electron chi connectivity index (χ4n) is 7.64. The van der Waals surface area contributed by atoms with Crippen LogP contribution in [-0.2, 0) is 9.53 Å². The lowest BCUT2D eigenvalue weighted by Gasteiger charge is -2.60. The summed E-state index contributed by atoms with van der Waals surface area (Å²) in [5.74, 6) is 3.55. The summed E-state index contributed by atoms with van der Waals surface area (Å²) in [6.45, 7) is 6.65. The maximum atomic E-state index is 11.5. The van der Waals surface area contributed by atoms with Gasteiger partial charge in [-0.2, -0.15) is 0 Å². The summed E-state index contributed by atoms with van der Waals surface area (Å²) in [5.41, 5.74) is 0.868. The van der Waals surface area contributed by atoms with Gasteiger partial charge in [-0.1, -0.05) is 26.7 Å². The lowest BCUT2D eigenvalue weighted by Crippen LogP contribution is -2.53. The molecule has 0 spiro atoms. The van der Waals surface area contributed by atoms with E-state index < -0.39 is 0 Å². The molecule has 4 aliphatic rings. The van der Waals surface area contributed by atoms with Gasteiger partial charge in [0.25, 0.3) is 0 Å². The van der Waals surface area contributed by atoms with Gasteiger partial charge >= 0.3 is 5.97 Å². The molecule has 0 aromatic rings. The monoisotopic (exact) mass is 318 g/mol. The zero-order valence-corrected chi connectivity index (χ0v) is 15.3. The Labute approximate surface area is 141 Å². The molecule has 4 aliphatic carbocycles. The van der Waals surface area contributed by atoms with Gasteiger partial charge in [0.2, 0.25) is 0 Å². The molecule has 0 unspecified atom stereocenters. The summed E-state index contributed by atoms with van der Waals surface area (Å²) in [4.78, 5) is 11.5. The fourth-order valence-corrected chi connectivity index (χ4v) is 7.64. The SMILES string of the molecule is CC(=O)O[C@@H]1CC[C@@H]2[C@@H]3CC[C@@H]4CCCC[C@]4(C)[C@H]3CC[C@]21C. The predicted molar refractivity (Wildman–Crippen MR) is 91.9 cm³/mol. The largest absolute Gasteiger partial charge is 0.462 e. The van der Waals surface area contributed by atoms with Crippen LogP contribution >= 0.6 is 0 Å². The standard InChI is InChI=1S/C21H34O2/c1-14(22)23-19-10-9-17-16-8-7-15-6-4-5-12-20(15,2)18(16)11-13-21(17,19)3/h15-19H,4-13H2,1-3H3/t15-,16-,17+,18-,19+,20-,21+/m0/s1. The van der Waals surface area contributed by atoms with Crippen LogP contribution in [-0.4, -0.2) is 12.1 Å². The summed E-state index contributed by atoms with van der Waals surface area (Å²) >= 11 is 0. The highest BCUT2D eigenvalue weighted by Crippen LogP contribution is 2.66. The second kappa shape index (κ2) is 5.49. The van der Waals surface area contributed by atoms with E-state index in [-0.39, 0.29) is 17.5 Å². The summed E-state index contributed by atoms with van der Waals surface area (Å²) < 4.78 is 5.76. The van der Waals surface area contributed by atoms with Crippen molar-refractivity contribution in [3.05, 3.63) is 0 Å². The first-order valence-corrected chi connectivity index (χ1v) is 10.1. The first-order chi connectivity index (χ1) is 10.9. The molecule has 0 N–H and O–H groups in total. The van der Waals surface area contributed by atoms with Gasteiger partial charge in [-0.25, -0.2) is 0 Å². The Morgan fingerprint density at radius 2 is 1.65 bits per heavy atom. The van der Waals surface area contributed by atoms with Gasteiger partial charge in [0.15, 0.2) is 0 Å². The average Bonchev–Trinajstić information content (AvgIpc) is 2.83. The number of carbonyl (C=O) groups excluding carboxylic acids is 1. The van der Waals surface area contributed by atoms with Crippen LogP contribution < -0.4 is 0 Å². The molecule has 2 heteroatoms. The molecular formula is C21H34O2. The molecule has 4 fully saturated rings. The summed E-state index contributed by atoms with van der Waals surface area (Å²) in [7, 11) is 0. The molecule has 0 aromatic carbocycles. The van der Waals surface area contributed by atoms with E-state index in [0.717, 1.165) is 30.1 Å². The average molecular weight is 319 g/mol. The molecule has 0 saturated heterocycles. The minimum atomic E-state index is -0.0815. The number of fused-ring (bicyclic) bond motifs is 5. The predicted octanol–water partition coefficient (Wildman–Crippen LogP) is 5.35. The molecule has 0 aliphatic heterocycles. The van der Waals surface area contributed by atoms with E-state index in [4.69, 9.17) is 4.74 Å². The van der Waals surface area contributed by atoms with Crippen LogP contribution in [0.3, 0.4) is 0 Å². The van der Waals surface area contributed by atoms with Crippen LogP contribution in [0.5, 0.6) is 0 Å². The molecule has 2 nitrogen and oxygen atoms in total. The minimum absolute atomic E-state index is 0.0815. The Balaban J connectivity index is 1.59. The third-order valence-corrected chi connectivity index (χ3v) is 8.80. The minimum Gasteiger partial charge on any atom is -0.462 e. The second-order valence-corrected chi connectivity index (χ2v) is 9.62. The van der Waals surface area contributed by atoms with Crippen molar-refractivity contribution in [3.63, 3.8) is 0 Å². The van der Waals surface area contributed by atoms with Crippen LogP contribution in [0.15, 0.2) is 0 Å². The Kier molecular flexibility index (Phi) is 3.81. The molecule has 7 atom stereocenters. The zero-order valence-electron chi connectivity index (χ0n) is 15.3. The lowest BCUT2D eigenvalue weighted by atomic mass is 9.45. The first-order valence-electron chi connectivity index (χ1n) is 10.1. The molecule has 4 rings (SSSR count). The van der Waals surface area contributed by atoms with Crippen LogP contribution in [0.1, 0.15) is 85.0 Å². The number of ether oxygens (including phenoxy) is 1. The number of carbonyl (C=O) groups is 1. The lowest BCUT2D eigenvalue weighted by molar-refractivity contribution is -0.161. The molecule has 0 heterocycles. The third kappa shape index (κ3) is 2.30. The number of hydrogen-bond acceptors (Lipinski definition) is 2. The Morgan fingerprint density at radius 1 is 0.870 bits per heavy atom. The summed E-state index contributed by atoms with van der Waals surface area (Å²) in [6, 6.07) is 0. The molecule has 23 heavy (non-hydrogen) atoms. The van der Waals surface area contributed by atoms with Crippen molar-refractivity contribution in [1.29, 1.82) is 0 Å². The van der Waals surface area contributed by atoms with Crippen molar-refractivity contribution in [1.82, 2.24) is 0 Å². The van der Waals surface area contributed by atoms with E-state index in [9.17, 15) is 4.79 Å². The molecule has 0 bridgehead atoms. The number of esters is 1. The Hall–Kier alpha value is -0.530. The van der Waals surface area contributed by atoms with Gasteiger partial charge < -0.3 is 4.74 Å². The topological polar surface area (TPSA) is 26.3 Å². The van der Waals surface area contributed by atoms with E-state index in [1.165, 1.54) is 57.8 Å². The van der Waals surface area contributed by atoms with E-state index in [2.05, 4.69) is 13.8 Å². The van der Waals surface area contributed by atoms with Crippen LogP contribution in [0.2, 0.25) is 0 Å². The van der Waals surface area contributed by atoms with E-state index in [1.807, 2.05) is 0 Å². The van der Waals surface area contributed by atoms with Crippen molar-refractivity contribution < 1.29 is 9.53 Å². The van der Waals surface area contributed by atoms with Crippen LogP contribution in [0.4, 0.5) is 0 Å². The molecule has 0 radical (unpaired) electrons. The highest BCUT2D eigenvalue weighted by Gasteiger charge is 2.60. The van der Waals surface area contributed by atoms with Crippen molar-refractivity contribution in [2.75, 3.05) is 0 Å². The van der Waals surface area contributed by atoms with Crippen molar-refractivity contribution in [2.24, 2.45) is 34.5 Å². The highest BCUT2D eigenvalue weighted by molar-refractivity contribution is 5.66. The van der Waals surface area contributed by atoms with Crippen LogP contribution in [0, 0.1) is 34.5 Å². The van der Waals surface area contributed by atoms with Crippen LogP contribution in [0.25, 0.3) is 0 Å². The summed E-state index contributed by atoms with van der Waals surface area (Å²) in [6.07, 6.45) is 14.0. The van der Waals surface area contributed by atoms with E-state index in [0.29, 0.717) is 5.41 Å².